The van der Waals surface area contributed by atoms with Crippen molar-refractivity contribution in [3.05, 3.63) is 23.0 Å². The normalized spacial score (nSPS) is 16.3. The van der Waals surface area contributed by atoms with E-state index in [1.165, 1.54) is 0 Å². The van der Waals surface area contributed by atoms with Crippen LogP contribution in [-0.2, 0) is 4.74 Å². The lowest BCUT2D eigenvalue weighted by molar-refractivity contribution is 0.0855. The average Bonchev–Trinajstić information content (AvgIpc) is 2.38. The Balaban J connectivity index is 2.34. The molecular weight excluding hydrogens is 226 g/mol. The van der Waals surface area contributed by atoms with Crippen molar-refractivity contribution in [2.75, 3.05) is 25.2 Å². The van der Waals surface area contributed by atoms with Crippen LogP contribution in [-0.4, -0.2) is 31.3 Å². The van der Waals surface area contributed by atoms with Crippen LogP contribution in [0.4, 0.5) is 5.69 Å². The molecular formula is C14H19N3O. The molecule has 4 heteroatoms. The standard InChI is InChI=1S/C14H19N3O/c1-10-8-14(13(9-15)11(2)16-10)17(3)12-4-6-18-7-5-12/h8,12H,4-7H2,1-3H3. The Morgan fingerprint density at radius 3 is 2.67 bits per heavy atom. The molecule has 1 aliphatic rings. The number of aryl methyl sites for hydroxylation is 2. The van der Waals surface area contributed by atoms with E-state index in [9.17, 15) is 5.26 Å². The summed E-state index contributed by atoms with van der Waals surface area (Å²) in [7, 11) is 2.06. The monoisotopic (exact) mass is 245 g/mol. The van der Waals surface area contributed by atoms with Gasteiger partial charge >= 0.3 is 0 Å². The van der Waals surface area contributed by atoms with Crippen molar-refractivity contribution in [3.8, 4) is 6.07 Å². The number of nitrogens with zero attached hydrogens (tertiary/aromatic N) is 3. The molecule has 0 saturated carbocycles. The predicted octanol–water partition coefficient (Wildman–Crippen LogP) is 2.19. The minimum Gasteiger partial charge on any atom is -0.381 e. The maximum atomic E-state index is 9.30. The van der Waals surface area contributed by atoms with E-state index in [-0.39, 0.29) is 0 Å². The molecule has 0 bridgehead atoms. The Kier molecular flexibility index (Phi) is 3.83. The zero-order valence-electron chi connectivity index (χ0n) is 11.2. The first-order valence-corrected chi connectivity index (χ1v) is 6.32. The fraction of sp³-hybridized carbons (Fsp3) is 0.571. The molecule has 2 rings (SSSR count). The largest absolute Gasteiger partial charge is 0.381 e. The molecule has 1 aliphatic heterocycles. The van der Waals surface area contributed by atoms with Crippen LogP contribution < -0.4 is 4.90 Å². The first-order chi connectivity index (χ1) is 8.63. The molecule has 0 aromatic carbocycles. The molecule has 2 heterocycles. The highest BCUT2D eigenvalue weighted by molar-refractivity contribution is 5.61. The van der Waals surface area contributed by atoms with Crippen molar-refractivity contribution < 1.29 is 4.74 Å². The highest BCUT2D eigenvalue weighted by atomic mass is 16.5. The van der Waals surface area contributed by atoms with Gasteiger partial charge in [-0.2, -0.15) is 5.26 Å². The fourth-order valence-corrected chi connectivity index (χ4v) is 2.49. The minimum absolute atomic E-state index is 0.451. The van der Waals surface area contributed by atoms with Gasteiger partial charge in [0, 0.05) is 32.0 Å². The lowest BCUT2D eigenvalue weighted by Crippen LogP contribution is -2.37. The molecule has 1 aromatic rings. The van der Waals surface area contributed by atoms with Gasteiger partial charge in [0.15, 0.2) is 0 Å². The number of anilines is 1. The molecule has 96 valence electrons. The van der Waals surface area contributed by atoms with E-state index in [4.69, 9.17) is 4.74 Å². The fourth-order valence-electron chi connectivity index (χ4n) is 2.49. The lowest BCUT2D eigenvalue weighted by Gasteiger charge is -2.33. The van der Waals surface area contributed by atoms with Crippen LogP contribution in [0.2, 0.25) is 0 Å². The van der Waals surface area contributed by atoms with Gasteiger partial charge in [0.2, 0.25) is 0 Å². The van der Waals surface area contributed by atoms with E-state index in [1.54, 1.807) is 0 Å². The molecule has 0 spiro atoms. The summed E-state index contributed by atoms with van der Waals surface area (Å²) >= 11 is 0. The number of hydrogen-bond acceptors (Lipinski definition) is 4. The van der Waals surface area contributed by atoms with Gasteiger partial charge in [-0.1, -0.05) is 0 Å². The molecule has 4 nitrogen and oxygen atoms in total. The summed E-state index contributed by atoms with van der Waals surface area (Å²) in [5.41, 5.74) is 3.45. The Morgan fingerprint density at radius 1 is 1.39 bits per heavy atom. The lowest BCUT2D eigenvalue weighted by atomic mass is 10.0. The van der Waals surface area contributed by atoms with Crippen LogP contribution in [0.1, 0.15) is 29.8 Å². The smallest absolute Gasteiger partial charge is 0.103 e. The van der Waals surface area contributed by atoms with Crippen molar-refractivity contribution in [1.29, 1.82) is 5.26 Å². The molecule has 0 amide bonds. The second-order valence-electron chi connectivity index (χ2n) is 4.81. The van der Waals surface area contributed by atoms with Crippen molar-refractivity contribution in [3.63, 3.8) is 0 Å². The first kappa shape index (κ1) is 12.8. The number of nitriles is 1. The molecule has 1 saturated heterocycles. The first-order valence-electron chi connectivity index (χ1n) is 6.32. The van der Waals surface area contributed by atoms with E-state index in [0.717, 1.165) is 43.1 Å². The molecule has 18 heavy (non-hydrogen) atoms. The van der Waals surface area contributed by atoms with E-state index in [0.29, 0.717) is 11.6 Å². The van der Waals surface area contributed by atoms with E-state index < -0.39 is 0 Å². The number of hydrogen-bond donors (Lipinski definition) is 0. The number of ether oxygens (including phenoxy) is 1. The van der Waals surface area contributed by atoms with Gasteiger partial charge in [-0.3, -0.25) is 4.98 Å². The van der Waals surface area contributed by atoms with Crippen LogP contribution >= 0.6 is 0 Å². The van der Waals surface area contributed by atoms with Gasteiger partial charge < -0.3 is 9.64 Å². The zero-order valence-corrected chi connectivity index (χ0v) is 11.2. The summed E-state index contributed by atoms with van der Waals surface area (Å²) in [6, 6.07) is 4.73. The van der Waals surface area contributed by atoms with Crippen LogP contribution in [0.25, 0.3) is 0 Å². The van der Waals surface area contributed by atoms with Gasteiger partial charge in [-0.05, 0) is 32.8 Å². The van der Waals surface area contributed by atoms with Gasteiger partial charge in [-0.25, -0.2) is 0 Å². The Bertz CT molecular complexity index is 473. The summed E-state index contributed by atoms with van der Waals surface area (Å²) in [4.78, 5) is 6.57. The van der Waals surface area contributed by atoms with E-state index in [1.807, 2.05) is 19.9 Å². The second-order valence-corrected chi connectivity index (χ2v) is 4.81. The van der Waals surface area contributed by atoms with Gasteiger partial charge in [0.1, 0.15) is 6.07 Å². The van der Waals surface area contributed by atoms with Crippen molar-refractivity contribution in [1.82, 2.24) is 4.98 Å². The molecule has 1 aromatic heterocycles. The maximum absolute atomic E-state index is 9.30. The molecule has 0 N–H and O–H groups in total. The third-order valence-electron chi connectivity index (χ3n) is 3.54. The summed E-state index contributed by atoms with van der Waals surface area (Å²) in [6.07, 6.45) is 2.03. The molecule has 0 atom stereocenters. The average molecular weight is 245 g/mol. The SMILES string of the molecule is Cc1cc(N(C)C2CCOCC2)c(C#N)c(C)n1. The predicted molar refractivity (Wildman–Crippen MR) is 70.7 cm³/mol. The van der Waals surface area contributed by atoms with Crippen molar-refractivity contribution >= 4 is 5.69 Å². The zero-order chi connectivity index (χ0) is 13.1. The van der Waals surface area contributed by atoms with Gasteiger partial charge in [0.05, 0.1) is 16.9 Å². The van der Waals surface area contributed by atoms with Crippen molar-refractivity contribution in [2.45, 2.75) is 32.7 Å². The Labute approximate surface area is 108 Å². The summed E-state index contributed by atoms with van der Waals surface area (Å²) in [5.74, 6) is 0. The number of aromatic nitrogens is 1. The topological polar surface area (TPSA) is 49.1 Å². The quantitative estimate of drug-likeness (QED) is 0.801. The Morgan fingerprint density at radius 2 is 2.06 bits per heavy atom. The second kappa shape index (κ2) is 5.36. The van der Waals surface area contributed by atoms with E-state index in [2.05, 4.69) is 23.0 Å². The summed E-state index contributed by atoms with van der Waals surface area (Å²) in [6.45, 7) is 5.47. The minimum atomic E-state index is 0.451. The molecule has 0 radical (unpaired) electrons. The van der Waals surface area contributed by atoms with E-state index >= 15 is 0 Å². The highest BCUT2D eigenvalue weighted by Crippen LogP contribution is 2.26. The third-order valence-corrected chi connectivity index (χ3v) is 3.54. The van der Waals surface area contributed by atoms with Gasteiger partial charge in [-0.15, -0.1) is 0 Å². The van der Waals surface area contributed by atoms with Crippen LogP contribution in [0, 0.1) is 25.2 Å². The molecule has 0 aliphatic carbocycles. The maximum Gasteiger partial charge on any atom is 0.103 e. The Hall–Kier alpha value is -1.60. The van der Waals surface area contributed by atoms with Crippen LogP contribution in [0.5, 0.6) is 0 Å². The number of rotatable bonds is 2. The highest BCUT2D eigenvalue weighted by Gasteiger charge is 2.21. The van der Waals surface area contributed by atoms with Crippen molar-refractivity contribution in [2.24, 2.45) is 0 Å². The molecule has 0 unspecified atom stereocenters. The number of pyridine rings is 1. The molecule has 1 fully saturated rings. The summed E-state index contributed by atoms with van der Waals surface area (Å²) in [5, 5.41) is 9.30. The van der Waals surface area contributed by atoms with Crippen LogP contribution in [0.15, 0.2) is 6.07 Å². The summed E-state index contributed by atoms with van der Waals surface area (Å²) < 4.78 is 5.39. The van der Waals surface area contributed by atoms with Crippen LogP contribution in [0.3, 0.4) is 0 Å². The van der Waals surface area contributed by atoms with Gasteiger partial charge in [0.25, 0.3) is 0 Å². The third kappa shape index (κ3) is 2.46.